The van der Waals surface area contributed by atoms with Crippen LogP contribution in [0, 0.1) is 0 Å². The molecule has 1 aromatic rings. The fraction of sp³-hybridized carbons (Fsp3) is 0.467. The van der Waals surface area contributed by atoms with Gasteiger partial charge in [-0.25, -0.2) is 0 Å². The molecule has 1 unspecified atom stereocenters. The summed E-state index contributed by atoms with van der Waals surface area (Å²) in [6, 6.07) is 7.07. The van der Waals surface area contributed by atoms with Gasteiger partial charge in [0, 0.05) is 12.2 Å². The van der Waals surface area contributed by atoms with E-state index in [1.807, 2.05) is 13.0 Å². The molecule has 0 aliphatic rings. The van der Waals surface area contributed by atoms with Crippen LogP contribution in [0.15, 0.2) is 24.3 Å². The molecule has 1 atom stereocenters. The Morgan fingerprint density at radius 3 is 2.80 bits per heavy atom. The van der Waals surface area contributed by atoms with Crippen LogP contribution in [0.3, 0.4) is 0 Å². The third kappa shape index (κ3) is 5.30. The van der Waals surface area contributed by atoms with E-state index in [0.29, 0.717) is 12.2 Å². The number of nitrogen functional groups attached to an aromatic ring is 1. The molecule has 0 aromatic heterocycles. The van der Waals surface area contributed by atoms with E-state index in [4.69, 9.17) is 10.5 Å². The minimum atomic E-state index is -0.443. The van der Waals surface area contributed by atoms with Crippen molar-refractivity contribution in [1.29, 1.82) is 0 Å². The summed E-state index contributed by atoms with van der Waals surface area (Å²) < 4.78 is 5.00. The molecule has 0 radical (unpaired) electrons. The molecule has 5 heteroatoms. The van der Waals surface area contributed by atoms with Gasteiger partial charge < -0.3 is 15.8 Å². The number of esters is 1. The quantitative estimate of drug-likeness (QED) is 0.453. The van der Waals surface area contributed by atoms with Crippen molar-refractivity contribution < 1.29 is 14.3 Å². The predicted octanol–water partition coefficient (Wildman–Crippen LogP) is 1.83. The number of nitrogens with one attached hydrogen (secondary N) is 1. The Bertz CT molecular complexity index is 460. The second-order valence-corrected chi connectivity index (χ2v) is 4.70. The summed E-state index contributed by atoms with van der Waals surface area (Å²) in [5.41, 5.74) is 7.05. The number of amides is 1. The van der Waals surface area contributed by atoms with Crippen molar-refractivity contribution in [2.45, 2.75) is 32.6 Å². The molecule has 1 amide bonds. The number of benzene rings is 1. The number of carbonyl (C=O) groups is 2. The molecule has 110 valence electrons. The number of nitrogens with two attached hydrogens (primary N) is 1. The molecule has 5 nitrogen and oxygen atoms in total. The molecule has 1 rings (SSSR count). The number of hydrogen-bond acceptors (Lipinski definition) is 4. The number of unbranched alkanes of at least 4 members (excludes halogenated alkanes) is 1. The SMILES string of the molecule is CCCCNC(=O)COC(=O)C(C)c1cccc(N)c1. The summed E-state index contributed by atoms with van der Waals surface area (Å²) in [6.45, 7) is 4.14. The minimum absolute atomic E-state index is 0.241. The van der Waals surface area contributed by atoms with Crippen molar-refractivity contribution in [3.63, 3.8) is 0 Å². The van der Waals surface area contributed by atoms with Gasteiger partial charge in [0.1, 0.15) is 0 Å². The average molecular weight is 278 g/mol. The van der Waals surface area contributed by atoms with Gasteiger partial charge in [-0.15, -0.1) is 0 Å². The Morgan fingerprint density at radius 1 is 1.40 bits per heavy atom. The van der Waals surface area contributed by atoms with Gasteiger partial charge in [-0.2, -0.15) is 0 Å². The molecule has 0 saturated heterocycles. The highest BCUT2D eigenvalue weighted by Gasteiger charge is 2.18. The molecule has 0 heterocycles. The first-order chi connectivity index (χ1) is 9.54. The Morgan fingerprint density at radius 2 is 2.15 bits per heavy atom. The fourth-order valence-corrected chi connectivity index (χ4v) is 1.68. The van der Waals surface area contributed by atoms with Gasteiger partial charge in [0.15, 0.2) is 6.61 Å². The Labute approximate surface area is 119 Å². The van der Waals surface area contributed by atoms with Gasteiger partial charge in [-0.1, -0.05) is 25.5 Å². The van der Waals surface area contributed by atoms with Crippen molar-refractivity contribution in [3.8, 4) is 0 Å². The number of rotatable bonds is 7. The third-order valence-electron chi connectivity index (χ3n) is 2.96. The third-order valence-corrected chi connectivity index (χ3v) is 2.96. The molecule has 0 fully saturated rings. The predicted molar refractivity (Wildman–Crippen MR) is 78.1 cm³/mol. The zero-order valence-electron chi connectivity index (χ0n) is 12.0. The van der Waals surface area contributed by atoms with Crippen LogP contribution in [0.1, 0.15) is 38.2 Å². The summed E-state index contributed by atoms with van der Waals surface area (Å²) in [6.07, 6.45) is 1.92. The highest BCUT2D eigenvalue weighted by Crippen LogP contribution is 2.18. The Hall–Kier alpha value is -2.04. The molecule has 0 aliphatic heterocycles. The standard InChI is InChI=1S/C15H22N2O3/c1-3-4-8-17-14(18)10-20-15(19)11(2)12-6-5-7-13(16)9-12/h5-7,9,11H,3-4,8,10,16H2,1-2H3,(H,17,18). The van der Waals surface area contributed by atoms with Crippen molar-refractivity contribution >= 4 is 17.6 Å². The van der Waals surface area contributed by atoms with E-state index in [-0.39, 0.29) is 12.5 Å². The topological polar surface area (TPSA) is 81.4 Å². The lowest BCUT2D eigenvalue weighted by Gasteiger charge is -2.12. The maximum Gasteiger partial charge on any atom is 0.313 e. The minimum Gasteiger partial charge on any atom is -0.455 e. The van der Waals surface area contributed by atoms with Crippen molar-refractivity contribution in [2.24, 2.45) is 0 Å². The van der Waals surface area contributed by atoms with Crippen molar-refractivity contribution in [3.05, 3.63) is 29.8 Å². The second kappa shape index (κ2) is 8.19. The van der Waals surface area contributed by atoms with Crippen LogP contribution in [0.2, 0.25) is 0 Å². The Kier molecular flexibility index (Phi) is 6.56. The van der Waals surface area contributed by atoms with Crippen LogP contribution in [0.25, 0.3) is 0 Å². The van der Waals surface area contributed by atoms with E-state index in [1.165, 1.54) is 0 Å². The maximum absolute atomic E-state index is 11.8. The lowest BCUT2D eigenvalue weighted by atomic mass is 10.0. The van der Waals surface area contributed by atoms with Crippen LogP contribution < -0.4 is 11.1 Å². The highest BCUT2D eigenvalue weighted by atomic mass is 16.5. The smallest absolute Gasteiger partial charge is 0.313 e. The molecular weight excluding hydrogens is 256 g/mol. The lowest BCUT2D eigenvalue weighted by Crippen LogP contribution is -2.30. The van der Waals surface area contributed by atoms with E-state index >= 15 is 0 Å². The van der Waals surface area contributed by atoms with E-state index in [1.54, 1.807) is 25.1 Å². The number of anilines is 1. The van der Waals surface area contributed by atoms with Gasteiger partial charge in [-0.3, -0.25) is 9.59 Å². The second-order valence-electron chi connectivity index (χ2n) is 4.70. The van der Waals surface area contributed by atoms with Gasteiger partial charge in [0.25, 0.3) is 5.91 Å². The zero-order valence-corrected chi connectivity index (χ0v) is 12.0. The fourth-order valence-electron chi connectivity index (χ4n) is 1.68. The summed E-state index contributed by atoms with van der Waals surface area (Å²) >= 11 is 0. The summed E-state index contributed by atoms with van der Waals surface area (Å²) in [7, 11) is 0. The molecule has 20 heavy (non-hydrogen) atoms. The van der Waals surface area contributed by atoms with E-state index < -0.39 is 11.9 Å². The first-order valence-corrected chi connectivity index (χ1v) is 6.83. The van der Waals surface area contributed by atoms with Crippen molar-refractivity contribution in [2.75, 3.05) is 18.9 Å². The van der Waals surface area contributed by atoms with Crippen LogP contribution in [0.5, 0.6) is 0 Å². The molecule has 0 saturated carbocycles. The monoisotopic (exact) mass is 278 g/mol. The largest absolute Gasteiger partial charge is 0.455 e. The summed E-state index contributed by atoms with van der Waals surface area (Å²) in [4.78, 5) is 23.3. The van der Waals surface area contributed by atoms with Crippen LogP contribution in [-0.4, -0.2) is 25.0 Å². The first-order valence-electron chi connectivity index (χ1n) is 6.83. The molecule has 1 aromatic carbocycles. The van der Waals surface area contributed by atoms with E-state index in [9.17, 15) is 9.59 Å². The molecule has 0 spiro atoms. The summed E-state index contributed by atoms with van der Waals surface area (Å²) in [5.74, 6) is -1.14. The number of carbonyl (C=O) groups excluding carboxylic acids is 2. The normalized spacial score (nSPS) is 11.7. The molecular formula is C15H22N2O3. The van der Waals surface area contributed by atoms with E-state index in [2.05, 4.69) is 5.32 Å². The lowest BCUT2D eigenvalue weighted by molar-refractivity contribution is -0.149. The van der Waals surface area contributed by atoms with Crippen LogP contribution in [0.4, 0.5) is 5.69 Å². The van der Waals surface area contributed by atoms with Gasteiger partial charge in [0.05, 0.1) is 5.92 Å². The number of ether oxygens (including phenoxy) is 1. The molecule has 0 bridgehead atoms. The van der Waals surface area contributed by atoms with Crippen LogP contribution in [-0.2, 0) is 14.3 Å². The van der Waals surface area contributed by atoms with E-state index in [0.717, 1.165) is 18.4 Å². The maximum atomic E-state index is 11.8. The summed E-state index contributed by atoms with van der Waals surface area (Å²) in [5, 5.41) is 2.69. The van der Waals surface area contributed by atoms with Gasteiger partial charge >= 0.3 is 5.97 Å². The molecule has 3 N–H and O–H groups in total. The highest BCUT2D eigenvalue weighted by molar-refractivity contribution is 5.83. The van der Waals surface area contributed by atoms with Gasteiger partial charge in [-0.05, 0) is 31.0 Å². The number of hydrogen-bond donors (Lipinski definition) is 2. The Balaban J connectivity index is 2.40. The van der Waals surface area contributed by atoms with Crippen molar-refractivity contribution in [1.82, 2.24) is 5.32 Å². The molecule has 0 aliphatic carbocycles. The first kappa shape index (κ1) is 16.0. The average Bonchev–Trinajstić information content (AvgIpc) is 2.44. The van der Waals surface area contributed by atoms with Gasteiger partial charge in [0.2, 0.25) is 0 Å². The van der Waals surface area contributed by atoms with Crippen LogP contribution >= 0.6 is 0 Å². The zero-order chi connectivity index (χ0) is 15.0.